The lowest BCUT2D eigenvalue weighted by Gasteiger charge is -2.31. The maximum Gasteiger partial charge on any atom is 0.265 e. The Morgan fingerprint density at radius 1 is 1.18 bits per heavy atom. The molecule has 2 N–H and O–H groups in total. The van der Waals surface area contributed by atoms with Gasteiger partial charge in [0.2, 0.25) is 15.9 Å². The first-order valence-electron chi connectivity index (χ1n) is 11.2. The van der Waals surface area contributed by atoms with E-state index in [1.807, 2.05) is 24.3 Å². The van der Waals surface area contributed by atoms with Gasteiger partial charge in [0.05, 0.1) is 16.5 Å². The molecule has 0 saturated carbocycles. The molecule has 9 heteroatoms. The predicted octanol–water partition coefficient (Wildman–Crippen LogP) is 3.57. The van der Waals surface area contributed by atoms with Gasteiger partial charge in [-0.25, -0.2) is 8.42 Å². The van der Waals surface area contributed by atoms with E-state index in [1.165, 1.54) is 22.0 Å². The molecule has 33 heavy (non-hydrogen) atoms. The van der Waals surface area contributed by atoms with Crippen molar-refractivity contribution >= 4 is 33.2 Å². The van der Waals surface area contributed by atoms with Crippen LogP contribution in [0.2, 0.25) is 0 Å². The Morgan fingerprint density at radius 2 is 1.91 bits per heavy atom. The van der Waals surface area contributed by atoms with E-state index in [9.17, 15) is 18.0 Å². The summed E-state index contributed by atoms with van der Waals surface area (Å²) in [6.07, 6.45) is 0.572. The summed E-state index contributed by atoms with van der Waals surface area (Å²) in [5.74, 6) is -0.126. The molecule has 2 atom stereocenters. The van der Waals surface area contributed by atoms with E-state index in [-0.39, 0.29) is 23.3 Å². The molecule has 1 saturated heterocycles. The van der Waals surface area contributed by atoms with Crippen LogP contribution in [0, 0.1) is 5.92 Å². The summed E-state index contributed by atoms with van der Waals surface area (Å²) >= 11 is 0. The van der Waals surface area contributed by atoms with E-state index >= 15 is 0 Å². The van der Waals surface area contributed by atoms with Gasteiger partial charge in [-0.3, -0.25) is 9.59 Å². The second-order valence-corrected chi connectivity index (χ2v) is 10.8. The number of sulfonamides is 1. The maximum atomic E-state index is 13.3. The second-order valence-electron chi connectivity index (χ2n) is 8.88. The molecule has 0 radical (unpaired) electrons. The third-order valence-electron chi connectivity index (χ3n) is 6.12. The Morgan fingerprint density at radius 3 is 2.61 bits per heavy atom. The molecule has 2 aliphatic heterocycles. The Balaban J connectivity index is 1.47. The molecule has 2 aromatic carbocycles. The molecular weight excluding hydrogens is 442 g/mol. The number of piperidine rings is 1. The van der Waals surface area contributed by atoms with Crippen LogP contribution in [0.1, 0.15) is 45.1 Å². The average Bonchev–Trinajstić information content (AvgIpc) is 2.80. The quantitative estimate of drug-likeness (QED) is 0.694. The Kier molecular flexibility index (Phi) is 6.45. The second kappa shape index (κ2) is 9.15. The lowest BCUT2D eigenvalue weighted by Crippen LogP contribution is -2.43. The number of carbonyl (C=O) groups is 2. The number of rotatable bonds is 5. The van der Waals surface area contributed by atoms with Gasteiger partial charge in [0.15, 0.2) is 6.10 Å². The lowest BCUT2D eigenvalue weighted by atomic mass is 9.98. The minimum atomic E-state index is -3.83. The molecule has 8 nitrogen and oxygen atoms in total. The van der Waals surface area contributed by atoms with Crippen molar-refractivity contribution in [2.24, 2.45) is 5.92 Å². The van der Waals surface area contributed by atoms with Gasteiger partial charge in [-0.15, -0.1) is 0 Å². The van der Waals surface area contributed by atoms with Gasteiger partial charge in [0.1, 0.15) is 5.75 Å². The minimum absolute atomic E-state index is 0.0602. The highest BCUT2D eigenvalue weighted by molar-refractivity contribution is 7.89. The number of nitrogens with one attached hydrogen (secondary N) is 2. The fraction of sp³-hybridized carbons (Fsp3) is 0.417. The molecule has 2 amide bonds. The third-order valence-corrected chi connectivity index (χ3v) is 7.98. The van der Waals surface area contributed by atoms with Crippen molar-refractivity contribution in [1.82, 2.24) is 4.31 Å². The van der Waals surface area contributed by atoms with Crippen molar-refractivity contribution < 1.29 is 22.7 Å². The molecule has 0 aromatic heterocycles. The number of fused-ring (bicyclic) bond motifs is 1. The minimum Gasteiger partial charge on any atom is -0.479 e. The zero-order valence-corrected chi connectivity index (χ0v) is 19.8. The smallest absolute Gasteiger partial charge is 0.265 e. The molecule has 0 unspecified atom stereocenters. The first-order valence-corrected chi connectivity index (χ1v) is 12.6. The lowest BCUT2D eigenvalue weighted by molar-refractivity contribution is -0.123. The molecule has 176 valence electrons. The molecule has 0 aliphatic carbocycles. The highest BCUT2D eigenvalue weighted by atomic mass is 32.2. The number of hydrogen-bond donors (Lipinski definition) is 2. The summed E-state index contributed by atoms with van der Waals surface area (Å²) in [6, 6.07) is 12.1. The van der Waals surface area contributed by atoms with Crippen molar-refractivity contribution in [1.29, 1.82) is 0 Å². The van der Waals surface area contributed by atoms with Crippen LogP contribution in [0.4, 0.5) is 11.4 Å². The van der Waals surface area contributed by atoms with Crippen LogP contribution in [0.3, 0.4) is 0 Å². The van der Waals surface area contributed by atoms with Gasteiger partial charge in [0, 0.05) is 18.8 Å². The fourth-order valence-electron chi connectivity index (χ4n) is 4.07. The number of hydrogen-bond acceptors (Lipinski definition) is 5. The number of amides is 2. The summed E-state index contributed by atoms with van der Waals surface area (Å²) in [4.78, 5) is 24.8. The number of benzene rings is 2. The van der Waals surface area contributed by atoms with Crippen molar-refractivity contribution in [2.75, 3.05) is 23.7 Å². The summed E-state index contributed by atoms with van der Waals surface area (Å²) in [6.45, 7) is 6.28. The van der Waals surface area contributed by atoms with Gasteiger partial charge >= 0.3 is 0 Å². The molecule has 4 rings (SSSR count). The highest BCUT2D eigenvalue weighted by Gasteiger charge is 2.34. The largest absolute Gasteiger partial charge is 0.479 e. The fourth-order valence-corrected chi connectivity index (χ4v) is 5.62. The Labute approximate surface area is 194 Å². The van der Waals surface area contributed by atoms with Gasteiger partial charge in [-0.1, -0.05) is 26.0 Å². The average molecular weight is 472 g/mol. The van der Waals surface area contributed by atoms with Gasteiger partial charge in [-0.2, -0.15) is 4.31 Å². The van der Waals surface area contributed by atoms with Crippen LogP contribution < -0.4 is 15.4 Å². The number of anilines is 2. The van der Waals surface area contributed by atoms with Crippen LogP contribution in [0.5, 0.6) is 5.75 Å². The van der Waals surface area contributed by atoms with E-state index in [0.717, 1.165) is 0 Å². The first-order chi connectivity index (χ1) is 15.6. The summed E-state index contributed by atoms with van der Waals surface area (Å²) in [5, 5.41) is 5.59. The molecule has 2 aromatic rings. The molecule has 2 heterocycles. The van der Waals surface area contributed by atoms with E-state index in [0.29, 0.717) is 42.4 Å². The van der Waals surface area contributed by atoms with Crippen molar-refractivity contribution in [3.8, 4) is 5.75 Å². The van der Waals surface area contributed by atoms with Gasteiger partial charge in [-0.05, 0) is 61.6 Å². The van der Waals surface area contributed by atoms with E-state index in [4.69, 9.17) is 4.74 Å². The van der Waals surface area contributed by atoms with Crippen LogP contribution in [0.15, 0.2) is 47.4 Å². The Bertz CT molecular complexity index is 1160. The zero-order chi connectivity index (χ0) is 23.8. The molecule has 2 aliphatic rings. The van der Waals surface area contributed by atoms with Crippen LogP contribution in [-0.2, 0) is 19.6 Å². The van der Waals surface area contributed by atoms with Gasteiger partial charge in [0.25, 0.3) is 5.91 Å². The number of ether oxygens (including phenoxy) is 1. The summed E-state index contributed by atoms with van der Waals surface area (Å²) < 4.78 is 33.4. The van der Waals surface area contributed by atoms with E-state index in [1.54, 1.807) is 13.0 Å². The zero-order valence-electron chi connectivity index (χ0n) is 19.0. The standard InChI is InChI=1S/C24H29N3O5S/c1-15(2)17-6-8-19(9-7-17)25-24(29)18-5-4-12-27(14-18)33(30,31)20-10-11-22-21(13-20)26-23(28)16(3)32-22/h6-11,13,15-16,18H,4-5,12,14H2,1-3H3,(H,25,29)(H,26,28)/t16-,18-/m0/s1. The SMILES string of the molecule is CC(C)c1ccc(NC(=O)[C@H]2CCCN(S(=O)(=O)c3ccc4c(c3)NC(=O)[C@H](C)O4)C2)cc1. The third kappa shape index (κ3) is 4.89. The Hall–Kier alpha value is -2.91. The monoisotopic (exact) mass is 471 g/mol. The number of nitrogens with zero attached hydrogens (tertiary/aromatic N) is 1. The molecule has 0 bridgehead atoms. The van der Waals surface area contributed by atoms with E-state index in [2.05, 4.69) is 24.5 Å². The topological polar surface area (TPSA) is 105 Å². The maximum absolute atomic E-state index is 13.3. The van der Waals surface area contributed by atoms with Crippen molar-refractivity contribution in [3.63, 3.8) is 0 Å². The summed E-state index contributed by atoms with van der Waals surface area (Å²) in [7, 11) is -3.83. The predicted molar refractivity (Wildman–Crippen MR) is 126 cm³/mol. The van der Waals surface area contributed by atoms with Gasteiger partial charge < -0.3 is 15.4 Å². The molecular formula is C24H29N3O5S. The van der Waals surface area contributed by atoms with Crippen molar-refractivity contribution in [3.05, 3.63) is 48.0 Å². The first kappa shape index (κ1) is 23.3. The molecule has 1 fully saturated rings. The highest BCUT2D eigenvalue weighted by Crippen LogP contribution is 2.33. The normalized spacial score (nSPS) is 21.2. The molecule has 0 spiro atoms. The summed E-state index contributed by atoms with van der Waals surface area (Å²) in [5.41, 5.74) is 2.21. The van der Waals surface area contributed by atoms with Crippen LogP contribution >= 0.6 is 0 Å². The number of carbonyl (C=O) groups excluding carboxylic acids is 2. The van der Waals surface area contributed by atoms with Crippen molar-refractivity contribution in [2.45, 2.75) is 50.5 Å². The van der Waals surface area contributed by atoms with E-state index < -0.39 is 22.0 Å². The van der Waals surface area contributed by atoms with Crippen LogP contribution in [-0.4, -0.2) is 43.7 Å². The van der Waals surface area contributed by atoms with Crippen LogP contribution in [0.25, 0.3) is 0 Å².